The maximum absolute atomic E-state index is 12.1. The van der Waals surface area contributed by atoms with Gasteiger partial charge in [-0.1, -0.05) is 0 Å². The molecule has 21 heavy (non-hydrogen) atoms. The Morgan fingerprint density at radius 1 is 1.38 bits per heavy atom. The summed E-state index contributed by atoms with van der Waals surface area (Å²) >= 11 is 0. The van der Waals surface area contributed by atoms with E-state index in [1.165, 1.54) is 0 Å². The van der Waals surface area contributed by atoms with Crippen molar-refractivity contribution in [2.45, 2.75) is 6.17 Å². The summed E-state index contributed by atoms with van der Waals surface area (Å²) in [5.41, 5.74) is 1.86. The summed E-state index contributed by atoms with van der Waals surface area (Å²) in [6, 6.07) is 7.48. The molecule has 1 unspecified atom stereocenters. The molecule has 1 aliphatic rings. The van der Waals surface area contributed by atoms with E-state index in [9.17, 15) is 4.39 Å². The topological polar surface area (TPSA) is 51.1 Å². The van der Waals surface area contributed by atoms with Crippen molar-refractivity contribution in [1.29, 1.82) is 0 Å². The number of anilines is 1. The predicted molar refractivity (Wildman–Crippen MR) is 80.9 cm³/mol. The number of halogens is 1. The minimum absolute atomic E-state index is 0.0816. The SMILES string of the molecule is CNC1C=Cn2cc(-c3ccc(OCCF)cc3)nc2N1. The number of nitrogens with zero attached hydrogens (tertiary/aromatic N) is 2. The number of benzene rings is 1. The Balaban J connectivity index is 1.79. The molecule has 2 N–H and O–H groups in total. The molecule has 5 nitrogen and oxygen atoms in total. The van der Waals surface area contributed by atoms with Gasteiger partial charge in [-0.2, -0.15) is 0 Å². The van der Waals surface area contributed by atoms with Crippen molar-refractivity contribution in [3.63, 3.8) is 0 Å². The van der Waals surface area contributed by atoms with Crippen LogP contribution in [0.25, 0.3) is 17.5 Å². The highest BCUT2D eigenvalue weighted by Crippen LogP contribution is 2.25. The van der Waals surface area contributed by atoms with Gasteiger partial charge in [-0.15, -0.1) is 0 Å². The number of nitrogens with one attached hydrogen (secondary N) is 2. The summed E-state index contributed by atoms with van der Waals surface area (Å²) < 4.78 is 19.2. The first kappa shape index (κ1) is 13.6. The zero-order valence-electron chi connectivity index (χ0n) is 11.7. The van der Waals surface area contributed by atoms with Crippen LogP contribution in [0.1, 0.15) is 0 Å². The van der Waals surface area contributed by atoms with Gasteiger partial charge in [-0.05, 0) is 37.4 Å². The fraction of sp³-hybridized carbons (Fsp3) is 0.267. The van der Waals surface area contributed by atoms with Gasteiger partial charge in [0.1, 0.15) is 25.2 Å². The summed E-state index contributed by atoms with van der Waals surface area (Å²) in [6.45, 7) is -0.404. The Morgan fingerprint density at radius 3 is 2.90 bits per heavy atom. The van der Waals surface area contributed by atoms with Gasteiger partial charge in [0.05, 0.1) is 5.69 Å². The summed E-state index contributed by atoms with van der Waals surface area (Å²) in [4.78, 5) is 4.57. The average molecular weight is 288 g/mol. The third kappa shape index (κ3) is 2.90. The summed E-state index contributed by atoms with van der Waals surface area (Å²) in [7, 11) is 1.89. The average Bonchev–Trinajstić information content (AvgIpc) is 2.96. The van der Waals surface area contributed by atoms with Crippen LogP contribution in [0.15, 0.2) is 36.5 Å². The number of hydrogen-bond donors (Lipinski definition) is 2. The summed E-state index contributed by atoms with van der Waals surface area (Å²) in [5.74, 6) is 1.46. The third-order valence-corrected chi connectivity index (χ3v) is 3.26. The number of fused-ring (bicyclic) bond motifs is 1. The smallest absolute Gasteiger partial charge is 0.209 e. The van der Waals surface area contributed by atoms with Crippen molar-refractivity contribution in [2.75, 3.05) is 25.6 Å². The van der Waals surface area contributed by atoms with Crippen LogP contribution in [0.5, 0.6) is 5.75 Å². The van der Waals surface area contributed by atoms with Crippen molar-refractivity contribution in [2.24, 2.45) is 0 Å². The normalized spacial score (nSPS) is 16.4. The Morgan fingerprint density at radius 2 is 2.19 bits per heavy atom. The molecule has 1 aromatic heterocycles. The van der Waals surface area contributed by atoms with Gasteiger partial charge in [-0.3, -0.25) is 9.88 Å². The summed E-state index contributed by atoms with van der Waals surface area (Å²) in [6.07, 6.45) is 6.04. The van der Waals surface area contributed by atoms with Gasteiger partial charge < -0.3 is 10.1 Å². The number of imidazole rings is 1. The minimum Gasteiger partial charge on any atom is -0.491 e. The molecule has 0 spiro atoms. The van der Waals surface area contributed by atoms with Crippen LogP contribution in [0.2, 0.25) is 0 Å². The van der Waals surface area contributed by atoms with E-state index in [1.54, 1.807) is 0 Å². The molecule has 1 atom stereocenters. The standard InChI is InChI=1S/C15H17FN4O/c1-17-14-6-8-20-10-13(18-15(20)19-14)11-2-4-12(5-3-11)21-9-7-16/h2-6,8,10,14,17H,7,9H2,1H3,(H,18,19). The highest BCUT2D eigenvalue weighted by atomic mass is 19.1. The van der Waals surface area contributed by atoms with E-state index in [-0.39, 0.29) is 12.8 Å². The predicted octanol–water partition coefficient (Wildman–Crippen LogP) is 2.34. The molecule has 1 aliphatic heterocycles. The van der Waals surface area contributed by atoms with E-state index < -0.39 is 6.67 Å². The molecule has 110 valence electrons. The molecule has 0 amide bonds. The van der Waals surface area contributed by atoms with E-state index in [4.69, 9.17) is 4.74 Å². The Bertz CT molecular complexity index is 636. The molecule has 0 bridgehead atoms. The molecule has 2 heterocycles. The Hall–Kier alpha value is -2.34. The van der Waals surface area contributed by atoms with E-state index in [1.807, 2.05) is 54.4 Å². The lowest BCUT2D eigenvalue weighted by Crippen LogP contribution is -2.34. The van der Waals surface area contributed by atoms with Crippen molar-refractivity contribution in [3.8, 4) is 17.0 Å². The fourth-order valence-corrected chi connectivity index (χ4v) is 2.17. The van der Waals surface area contributed by atoms with E-state index >= 15 is 0 Å². The van der Waals surface area contributed by atoms with Crippen LogP contribution in [0, 0.1) is 0 Å². The lowest BCUT2D eigenvalue weighted by molar-refractivity contribution is 0.273. The van der Waals surface area contributed by atoms with Gasteiger partial charge in [0.2, 0.25) is 5.95 Å². The number of ether oxygens (including phenoxy) is 1. The largest absolute Gasteiger partial charge is 0.491 e. The molecule has 0 aliphatic carbocycles. The molecule has 0 radical (unpaired) electrons. The van der Waals surface area contributed by atoms with Gasteiger partial charge in [-0.25, -0.2) is 9.37 Å². The Kier molecular flexibility index (Phi) is 3.87. The minimum atomic E-state index is -0.486. The molecule has 0 saturated heterocycles. The van der Waals surface area contributed by atoms with Gasteiger partial charge in [0.15, 0.2) is 0 Å². The summed E-state index contributed by atoms with van der Waals surface area (Å²) in [5, 5.41) is 6.39. The Labute approximate surface area is 122 Å². The van der Waals surface area contributed by atoms with Crippen molar-refractivity contribution < 1.29 is 9.13 Å². The van der Waals surface area contributed by atoms with Crippen LogP contribution >= 0.6 is 0 Å². The number of rotatable bonds is 5. The van der Waals surface area contributed by atoms with E-state index in [0.717, 1.165) is 17.2 Å². The second-order valence-corrected chi connectivity index (χ2v) is 4.67. The lowest BCUT2D eigenvalue weighted by atomic mass is 10.2. The molecule has 0 saturated carbocycles. The van der Waals surface area contributed by atoms with Crippen LogP contribution in [0.3, 0.4) is 0 Å². The quantitative estimate of drug-likeness (QED) is 0.886. The van der Waals surface area contributed by atoms with Gasteiger partial charge in [0.25, 0.3) is 0 Å². The number of alkyl halides is 1. The molecule has 0 fully saturated rings. The van der Waals surface area contributed by atoms with Crippen LogP contribution in [-0.2, 0) is 0 Å². The van der Waals surface area contributed by atoms with Gasteiger partial charge >= 0.3 is 0 Å². The van der Waals surface area contributed by atoms with Crippen LogP contribution in [0.4, 0.5) is 10.3 Å². The van der Waals surface area contributed by atoms with Gasteiger partial charge in [0, 0.05) is 18.0 Å². The molecule has 6 heteroatoms. The van der Waals surface area contributed by atoms with Crippen molar-refractivity contribution in [3.05, 3.63) is 36.5 Å². The zero-order chi connectivity index (χ0) is 14.7. The molecular formula is C15H17FN4O. The van der Waals surface area contributed by atoms with Crippen molar-refractivity contribution >= 4 is 12.1 Å². The highest BCUT2D eigenvalue weighted by molar-refractivity contribution is 5.64. The molecular weight excluding hydrogens is 271 g/mol. The fourth-order valence-electron chi connectivity index (χ4n) is 2.17. The second kappa shape index (κ2) is 5.97. The lowest BCUT2D eigenvalue weighted by Gasteiger charge is -2.18. The molecule has 3 rings (SSSR count). The highest BCUT2D eigenvalue weighted by Gasteiger charge is 2.14. The first-order valence-corrected chi connectivity index (χ1v) is 6.80. The van der Waals surface area contributed by atoms with E-state index in [0.29, 0.717) is 5.75 Å². The van der Waals surface area contributed by atoms with Crippen molar-refractivity contribution in [1.82, 2.24) is 14.9 Å². The third-order valence-electron chi connectivity index (χ3n) is 3.26. The number of hydrogen-bond acceptors (Lipinski definition) is 4. The van der Waals surface area contributed by atoms with Crippen LogP contribution < -0.4 is 15.4 Å². The zero-order valence-corrected chi connectivity index (χ0v) is 11.7. The van der Waals surface area contributed by atoms with Crippen LogP contribution in [-0.4, -0.2) is 36.0 Å². The number of aromatic nitrogens is 2. The second-order valence-electron chi connectivity index (χ2n) is 4.67. The maximum atomic E-state index is 12.1. The maximum Gasteiger partial charge on any atom is 0.209 e. The molecule has 2 aromatic rings. The van der Waals surface area contributed by atoms with E-state index in [2.05, 4.69) is 15.6 Å². The number of likely N-dealkylation sites (N-methyl/N-ethyl adjacent to an activating group) is 1. The first-order valence-electron chi connectivity index (χ1n) is 6.80. The molecule has 1 aromatic carbocycles. The monoisotopic (exact) mass is 288 g/mol. The first-order chi connectivity index (χ1) is 10.3.